The summed E-state index contributed by atoms with van der Waals surface area (Å²) in [6, 6.07) is 4.10. The number of hydrogen-bond donors (Lipinski definition) is 1. The molecule has 0 aliphatic carbocycles. The van der Waals surface area contributed by atoms with Gasteiger partial charge in [0.25, 0.3) is 0 Å². The number of carbonyl (C=O) groups is 1. The van der Waals surface area contributed by atoms with Crippen LogP contribution in [0.1, 0.15) is 9.88 Å². The molecule has 0 aliphatic heterocycles. The molecule has 0 radical (unpaired) electrons. The standard InChI is InChI=1S/C11H13N3OS3/c1-8-13-14-11(18-8)17-7-10(15)12-5-4-9-3-2-6-16-9/h2-3,6H,4-5,7H2,1H3,(H,12,15). The Morgan fingerprint density at radius 3 is 3.06 bits per heavy atom. The zero-order valence-electron chi connectivity index (χ0n) is 9.88. The highest BCUT2D eigenvalue weighted by molar-refractivity contribution is 8.01. The Kier molecular flexibility index (Phi) is 5.15. The van der Waals surface area contributed by atoms with Crippen LogP contribution in [0.15, 0.2) is 21.9 Å². The monoisotopic (exact) mass is 299 g/mol. The molecule has 1 N–H and O–H groups in total. The minimum Gasteiger partial charge on any atom is -0.355 e. The Balaban J connectivity index is 1.63. The van der Waals surface area contributed by atoms with E-state index in [-0.39, 0.29) is 5.91 Å². The van der Waals surface area contributed by atoms with Gasteiger partial charge in [-0.1, -0.05) is 29.2 Å². The number of carbonyl (C=O) groups excluding carboxylic acids is 1. The maximum absolute atomic E-state index is 11.6. The van der Waals surface area contributed by atoms with E-state index >= 15 is 0 Å². The van der Waals surface area contributed by atoms with Gasteiger partial charge in [-0.05, 0) is 24.8 Å². The quantitative estimate of drug-likeness (QED) is 0.832. The van der Waals surface area contributed by atoms with Crippen LogP contribution in [0.2, 0.25) is 0 Å². The summed E-state index contributed by atoms with van der Waals surface area (Å²) in [5.41, 5.74) is 0. The summed E-state index contributed by atoms with van der Waals surface area (Å²) in [7, 11) is 0. The van der Waals surface area contributed by atoms with Crippen LogP contribution >= 0.6 is 34.4 Å². The lowest BCUT2D eigenvalue weighted by molar-refractivity contribution is -0.118. The molecule has 0 saturated carbocycles. The molecule has 0 fully saturated rings. The molecular weight excluding hydrogens is 286 g/mol. The fourth-order valence-corrected chi connectivity index (χ4v) is 3.65. The largest absolute Gasteiger partial charge is 0.355 e. The molecule has 1 amide bonds. The van der Waals surface area contributed by atoms with Crippen LogP contribution in [0, 0.1) is 6.92 Å². The Morgan fingerprint density at radius 2 is 2.39 bits per heavy atom. The molecule has 0 bridgehead atoms. The van der Waals surface area contributed by atoms with Crippen LogP contribution in [0.25, 0.3) is 0 Å². The summed E-state index contributed by atoms with van der Waals surface area (Å²) in [4.78, 5) is 12.9. The zero-order chi connectivity index (χ0) is 12.8. The van der Waals surface area contributed by atoms with Gasteiger partial charge >= 0.3 is 0 Å². The molecule has 2 heterocycles. The molecule has 0 saturated heterocycles. The van der Waals surface area contributed by atoms with Crippen molar-refractivity contribution in [3.63, 3.8) is 0 Å². The second-order valence-electron chi connectivity index (χ2n) is 3.55. The molecule has 0 aromatic carbocycles. The number of aryl methyl sites for hydroxylation is 1. The van der Waals surface area contributed by atoms with Crippen molar-refractivity contribution in [3.05, 3.63) is 27.4 Å². The molecular formula is C11H13N3OS3. The fraction of sp³-hybridized carbons (Fsp3) is 0.364. The van der Waals surface area contributed by atoms with Crippen molar-refractivity contribution in [1.82, 2.24) is 15.5 Å². The lowest BCUT2D eigenvalue weighted by Crippen LogP contribution is -2.27. The Hall–Kier alpha value is -0.920. The lowest BCUT2D eigenvalue weighted by atomic mass is 10.3. The van der Waals surface area contributed by atoms with Crippen molar-refractivity contribution in [2.75, 3.05) is 12.3 Å². The van der Waals surface area contributed by atoms with Gasteiger partial charge in [-0.3, -0.25) is 4.79 Å². The lowest BCUT2D eigenvalue weighted by Gasteiger charge is -2.02. The first-order chi connectivity index (χ1) is 8.74. The van der Waals surface area contributed by atoms with E-state index in [0.717, 1.165) is 15.8 Å². The predicted octanol–water partition coefficient (Wildman–Crippen LogP) is 2.36. The van der Waals surface area contributed by atoms with E-state index in [1.165, 1.54) is 28.0 Å². The highest BCUT2D eigenvalue weighted by Gasteiger charge is 2.06. The van der Waals surface area contributed by atoms with Crippen LogP contribution in [-0.4, -0.2) is 28.4 Å². The maximum Gasteiger partial charge on any atom is 0.230 e. The zero-order valence-corrected chi connectivity index (χ0v) is 12.3. The maximum atomic E-state index is 11.6. The van der Waals surface area contributed by atoms with Crippen LogP contribution in [0.4, 0.5) is 0 Å². The SMILES string of the molecule is Cc1nnc(SCC(=O)NCCc2cccs2)s1. The average molecular weight is 299 g/mol. The number of aromatic nitrogens is 2. The third-order valence-electron chi connectivity index (χ3n) is 2.11. The minimum absolute atomic E-state index is 0.0457. The number of thioether (sulfide) groups is 1. The first kappa shape index (κ1) is 13.5. The first-order valence-electron chi connectivity index (χ1n) is 5.46. The number of nitrogens with zero attached hydrogens (tertiary/aromatic N) is 2. The molecule has 96 valence electrons. The average Bonchev–Trinajstić information content (AvgIpc) is 2.98. The number of rotatable bonds is 6. The number of amides is 1. The van der Waals surface area contributed by atoms with Gasteiger partial charge in [-0.15, -0.1) is 21.5 Å². The number of thiophene rings is 1. The summed E-state index contributed by atoms with van der Waals surface area (Å²) >= 11 is 4.66. The van der Waals surface area contributed by atoms with E-state index in [1.807, 2.05) is 18.4 Å². The van der Waals surface area contributed by atoms with Gasteiger partial charge in [0.05, 0.1) is 5.75 Å². The molecule has 18 heavy (non-hydrogen) atoms. The van der Waals surface area contributed by atoms with Gasteiger partial charge < -0.3 is 5.32 Å². The van der Waals surface area contributed by atoms with Crippen molar-refractivity contribution >= 4 is 40.3 Å². The summed E-state index contributed by atoms with van der Waals surface area (Å²) in [5.74, 6) is 0.448. The van der Waals surface area contributed by atoms with E-state index in [0.29, 0.717) is 12.3 Å². The van der Waals surface area contributed by atoms with Gasteiger partial charge in [-0.2, -0.15) is 0 Å². The Labute approximate surface area is 118 Å². The Bertz CT molecular complexity index is 495. The molecule has 0 spiro atoms. The van der Waals surface area contributed by atoms with Crippen molar-refractivity contribution in [3.8, 4) is 0 Å². The normalized spacial score (nSPS) is 10.5. The molecule has 0 atom stereocenters. The van der Waals surface area contributed by atoms with Gasteiger partial charge in [0.1, 0.15) is 5.01 Å². The molecule has 7 heteroatoms. The van der Waals surface area contributed by atoms with E-state index in [9.17, 15) is 4.79 Å². The van der Waals surface area contributed by atoms with Gasteiger partial charge in [0, 0.05) is 11.4 Å². The minimum atomic E-state index is 0.0457. The van der Waals surface area contributed by atoms with Crippen molar-refractivity contribution < 1.29 is 4.79 Å². The summed E-state index contributed by atoms with van der Waals surface area (Å²) in [6.07, 6.45) is 0.895. The van der Waals surface area contributed by atoms with E-state index < -0.39 is 0 Å². The smallest absolute Gasteiger partial charge is 0.230 e. The molecule has 4 nitrogen and oxygen atoms in total. The van der Waals surface area contributed by atoms with Crippen LogP contribution in [-0.2, 0) is 11.2 Å². The second-order valence-corrected chi connectivity index (χ2v) is 6.99. The molecule has 2 aromatic heterocycles. The van der Waals surface area contributed by atoms with Gasteiger partial charge in [0.15, 0.2) is 4.34 Å². The van der Waals surface area contributed by atoms with Crippen LogP contribution in [0.5, 0.6) is 0 Å². The van der Waals surface area contributed by atoms with Crippen molar-refractivity contribution in [2.45, 2.75) is 17.7 Å². The van der Waals surface area contributed by atoms with E-state index in [4.69, 9.17) is 0 Å². The first-order valence-corrected chi connectivity index (χ1v) is 8.14. The van der Waals surface area contributed by atoms with Gasteiger partial charge in [0.2, 0.25) is 5.91 Å². The molecule has 0 aliphatic rings. The molecule has 2 aromatic rings. The summed E-state index contributed by atoms with van der Waals surface area (Å²) < 4.78 is 0.848. The topological polar surface area (TPSA) is 54.9 Å². The third kappa shape index (κ3) is 4.40. The number of nitrogens with one attached hydrogen (secondary N) is 1. The molecule has 2 rings (SSSR count). The predicted molar refractivity (Wildman–Crippen MR) is 76.4 cm³/mol. The fourth-order valence-electron chi connectivity index (χ4n) is 1.30. The van der Waals surface area contributed by atoms with Gasteiger partial charge in [-0.25, -0.2) is 0 Å². The van der Waals surface area contributed by atoms with Crippen molar-refractivity contribution in [2.24, 2.45) is 0 Å². The van der Waals surface area contributed by atoms with Crippen LogP contribution in [0.3, 0.4) is 0 Å². The second kappa shape index (κ2) is 6.86. The summed E-state index contributed by atoms with van der Waals surface area (Å²) in [6.45, 7) is 2.60. The van der Waals surface area contributed by atoms with Crippen LogP contribution < -0.4 is 5.32 Å². The third-order valence-corrected chi connectivity index (χ3v) is 5.02. The van der Waals surface area contributed by atoms with E-state index in [1.54, 1.807) is 11.3 Å². The number of hydrogen-bond acceptors (Lipinski definition) is 6. The summed E-state index contributed by atoms with van der Waals surface area (Å²) in [5, 5.41) is 13.7. The van der Waals surface area contributed by atoms with E-state index in [2.05, 4.69) is 21.6 Å². The Morgan fingerprint density at radius 1 is 1.50 bits per heavy atom. The molecule has 0 unspecified atom stereocenters. The highest BCUT2D eigenvalue weighted by atomic mass is 32.2. The van der Waals surface area contributed by atoms with Crippen molar-refractivity contribution in [1.29, 1.82) is 0 Å². The highest BCUT2D eigenvalue weighted by Crippen LogP contribution is 2.21.